The predicted octanol–water partition coefficient (Wildman–Crippen LogP) is 3.40. The first-order chi connectivity index (χ1) is 7.35. The van der Waals surface area contributed by atoms with Crippen molar-refractivity contribution in [3.63, 3.8) is 0 Å². The second kappa shape index (κ2) is 4.98. The van der Waals surface area contributed by atoms with Crippen molar-refractivity contribution >= 4 is 0 Å². The minimum absolute atomic E-state index is 0.278. The molecular formula is C13H25N3. The molecule has 0 saturated heterocycles. The van der Waals surface area contributed by atoms with Crippen LogP contribution in [0, 0.1) is 5.41 Å². The summed E-state index contributed by atoms with van der Waals surface area (Å²) in [7, 11) is 0. The molecule has 0 atom stereocenters. The van der Waals surface area contributed by atoms with Crippen LogP contribution in [0.2, 0.25) is 0 Å². The molecule has 1 heterocycles. The predicted molar refractivity (Wildman–Crippen MR) is 67.6 cm³/mol. The average molecular weight is 223 g/mol. The molecular weight excluding hydrogens is 198 g/mol. The van der Waals surface area contributed by atoms with Crippen molar-refractivity contribution in [1.82, 2.24) is 15.0 Å². The van der Waals surface area contributed by atoms with Crippen molar-refractivity contribution in [2.45, 2.75) is 66.8 Å². The van der Waals surface area contributed by atoms with E-state index in [9.17, 15) is 0 Å². The van der Waals surface area contributed by atoms with Gasteiger partial charge in [-0.15, -0.1) is 5.10 Å². The van der Waals surface area contributed by atoms with Gasteiger partial charge in [-0.25, -0.2) is 4.68 Å². The zero-order valence-electron chi connectivity index (χ0n) is 11.5. The van der Waals surface area contributed by atoms with Gasteiger partial charge >= 0.3 is 0 Å². The Morgan fingerprint density at radius 1 is 1.25 bits per heavy atom. The van der Waals surface area contributed by atoms with Crippen LogP contribution in [0.15, 0.2) is 0 Å². The highest BCUT2D eigenvalue weighted by molar-refractivity contribution is 5.12. The third-order valence-corrected chi connectivity index (χ3v) is 2.55. The van der Waals surface area contributed by atoms with Crippen LogP contribution in [0.25, 0.3) is 0 Å². The molecule has 0 aliphatic carbocycles. The molecule has 0 amide bonds. The quantitative estimate of drug-likeness (QED) is 0.783. The minimum Gasteiger partial charge on any atom is -0.247 e. The van der Waals surface area contributed by atoms with E-state index in [1.54, 1.807) is 0 Å². The maximum absolute atomic E-state index is 4.35. The zero-order chi connectivity index (χ0) is 12.3. The largest absolute Gasteiger partial charge is 0.247 e. The SMILES string of the molecule is CCCc1c(CC(C)(C)C)nnn1C(C)C. The van der Waals surface area contributed by atoms with Gasteiger partial charge in [0.2, 0.25) is 0 Å². The molecule has 0 fully saturated rings. The van der Waals surface area contributed by atoms with Gasteiger partial charge in [-0.05, 0) is 32.1 Å². The van der Waals surface area contributed by atoms with Crippen LogP contribution in [-0.2, 0) is 12.8 Å². The first-order valence-electron chi connectivity index (χ1n) is 6.28. The topological polar surface area (TPSA) is 30.7 Å². The summed E-state index contributed by atoms with van der Waals surface area (Å²) in [6, 6.07) is 0.405. The Morgan fingerprint density at radius 3 is 2.31 bits per heavy atom. The molecule has 0 bridgehead atoms. The average Bonchev–Trinajstić information content (AvgIpc) is 2.47. The Kier molecular flexibility index (Phi) is 4.11. The Bertz CT molecular complexity index is 331. The Morgan fingerprint density at radius 2 is 1.88 bits per heavy atom. The highest BCUT2D eigenvalue weighted by Gasteiger charge is 2.19. The lowest BCUT2D eigenvalue weighted by Crippen LogP contribution is -2.13. The molecule has 0 saturated carbocycles. The minimum atomic E-state index is 0.278. The van der Waals surface area contributed by atoms with Gasteiger partial charge < -0.3 is 0 Å². The molecule has 0 aliphatic rings. The summed E-state index contributed by atoms with van der Waals surface area (Å²) in [6.07, 6.45) is 3.24. The Hall–Kier alpha value is -0.860. The fourth-order valence-corrected chi connectivity index (χ4v) is 1.90. The van der Waals surface area contributed by atoms with E-state index in [0.29, 0.717) is 6.04 Å². The Labute approximate surface area is 99.2 Å². The van der Waals surface area contributed by atoms with E-state index < -0.39 is 0 Å². The molecule has 0 radical (unpaired) electrons. The third kappa shape index (κ3) is 3.32. The van der Waals surface area contributed by atoms with Crippen molar-refractivity contribution in [3.05, 3.63) is 11.4 Å². The molecule has 3 nitrogen and oxygen atoms in total. The van der Waals surface area contributed by atoms with Crippen molar-refractivity contribution in [2.24, 2.45) is 5.41 Å². The second-order valence-corrected chi connectivity index (χ2v) is 6.01. The van der Waals surface area contributed by atoms with Gasteiger partial charge in [-0.2, -0.15) is 0 Å². The monoisotopic (exact) mass is 223 g/mol. The number of hydrogen-bond acceptors (Lipinski definition) is 2. The summed E-state index contributed by atoms with van der Waals surface area (Å²) >= 11 is 0. The van der Waals surface area contributed by atoms with Crippen LogP contribution in [0.1, 0.15) is 65.4 Å². The first kappa shape index (κ1) is 13.2. The standard InChI is InChI=1S/C13H25N3/c1-7-8-12-11(9-13(4,5)6)14-15-16(12)10(2)3/h10H,7-9H2,1-6H3. The van der Waals surface area contributed by atoms with E-state index in [2.05, 4.69) is 56.5 Å². The maximum Gasteiger partial charge on any atom is 0.0864 e. The molecule has 0 spiro atoms. The first-order valence-corrected chi connectivity index (χ1v) is 6.28. The molecule has 92 valence electrons. The van der Waals surface area contributed by atoms with E-state index in [1.165, 1.54) is 11.4 Å². The van der Waals surface area contributed by atoms with Crippen LogP contribution in [0.3, 0.4) is 0 Å². The van der Waals surface area contributed by atoms with Crippen molar-refractivity contribution < 1.29 is 0 Å². The van der Waals surface area contributed by atoms with E-state index in [4.69, 9.17) is 0 Å². The van der Waals surface area contributed by atoms with Crippen LogP contribution in [0.4, 0.5) is 0 Å². The molecule has 16 heavy (non-hydrogen) atoms. The molecule has 0 aromatic carbocycles. The van der Waals surface area contributed by atoms with Gasteiger partial charge in [0.25, 0.3) is 0 Å². The van der Waals surface area contributed by atoms with Crippen LogP contribution < -0.4 is 0 Å². The van der Waals surface area contributed by atoms with Crippen molar-refractivity contribution in [1.29, 1.82) is 0 Å². The summed E-state index contributed by atoms with van der Waals surface area (Å²) in [5, 5.41) is 8.64. The fraction of sp³-hybridized carbons (Fsp3) is 0.846. The van der Waals surface area contributed by atoms with Gasteiger partial charge in [0, 0.05) is 6.04 Å². The lowest BCUT2D eigenvalue weighted by atomic mass is 9.89. The molecule has 0 unspecified atom stereocenters. The summed E-state index contributed by atoms with van der Waals surface area (Å²) in [5.41, 5.74) is 2.79. The van der Waals surface area contributed by atoms with Gasteiger partial charge in [0.1, 0.15) is 0 Å². The molecule has 1 aromatic heterocycles. The van der Waals surface area contributed by atoms with Gasteiger partial charge in [-0.1, -0.05) is 39.3 Å². The zero-order valence-corrected chi connectivity index (χ0v) is 11.5. The molecule has 1 aromatic rings. The molecule has 3 heteroatoms. The van der Waals surface area contributed by atoms with Gasteiger partial charge in [-0.3, -0.25) is 0 Å². The highest BCUT2D eigenvalue weighted by atomic mass is 15.4. The summed E-state index contributed by atoms with van der Waals surface area (Å²) < 4.78 is 2.07. The smallest absolute Gasteiger partial charge is 0.0864 e. The summed E-state index contributed by atoms with van der Waals surface area (Å²) in [4.78, 5) is 0. The van der Waals surface area contributed by atoms with Gasteiger partial charge in [0.05, 0.1) is 11.4 Å². The molecule has 0 aliphatic heterocycles. The number of rotatable bonds is 4. The number of nitrogens with zero attached hydrogens (tertiary/aromatic N) is 3. The van der Waals surface area contributed by atoms with E-state index in [-0.39, 0.29) is 5.41 Å². The van der Waals surface area contributed by atoms with Crippen LogP contribution >= 0.6 is 0 Å². The van der Waals surface area contributed by atoms with E-state index in [0.717, 1.165) is 19.3 Å². The van der Waals surface area contributed by atoms with Crippen molar-refractivity contribution in [3.8, 4) is 0 Å². The highest BCUT2D eigenvalue weighted by Crippen LogP contribution is 2.23. The van der Waals surface area contributed by atoms with Crippen molar-refractivity contribution in [2.75, 3.05) is 0 Å². The number of aromatic nitrogens is 3. The summed E-state index contributed by atoms with van der Waals surface area (Å²) in [5.74, 6) is 0. The third-order valence-electron chi connectivity index (χ3n) is 2.55. The van der Waals surface area contributed by atoms with Crippen LogP contribution in [-0.4, -0.2) is 15.0 Å². The van der Waals surface area contributed by atoms with E-state index in [1.807, 2.05) is 0 Å². The lowest BCUT2D eigenvalue weighted by molar-refractivity contribution is 0.404. The maximum atomic E-state index is 4.35. The second-order valence-electron chi connectivity index (χ2n) is 6.01. The lowest BCUT2D eigenvalue weighted by Gasteiger charge is -2.17. The normalized spacial score (nSPS) is 12.4. The fourth-order valence-electron chi connectivity index (χ4n) is 1.90. The summed E-state index contributed by atoms with van der Waals surface area (Å²) in [6.45, 7) is 13.3. The molecule has 1 rings (SSSR count). The molecule has 0 N–H and O–H groups in total. The van der Waals surface area contributed by atoms with Gasteiger partial charge in [0.15, 0.2) is 0 Å². The van der Waals surface area contributed by atoms with Crippen LogP contribution in [0.5, 0.6) is 0 Å². The Balaban J connectivity index is 3.00. The van der Waals surface area contributed by atoms with E-state index >= 15 is 0 Å². The number of hydrogen-bond donors (Lipinski definition) is 0.